The molecule has 0 aliphatic heterocycles. The maximum Gasteiger partial charge on any atom is 0.303 e. The fraction of sp³-hybridized carbons (Fsp3) is 0.316. The molecule has 1 unspecified atom stereocenters. The monoisotopic (exact) mass is 288 g/mol. The van der Waals surface area contributed by atoms with Crippen molar-refractivity contribution >= 4 is 5.97 Å². The van der Waals surface area contributed by atoms with Gasteiger partial charge in [0.15, 0.2) is 6.10 Å². The average molecular weight is 288 g/mol. The SMILES string of the molecule is C=C.C=CC1=C(C)C(=C)/C(=C\C=C/C)C1OC(C)=O.CC. The van der Waals surface area contributed by atoms with E-state index in [1.54, 1.807) is 6.08 Å². The van der Waals surface area contributed by atoms with E-state index in [1.807, 2.05) is 45.9 Å². The predicted octanol–water partition coefficient (Wildman–Crippen LogP) is 5.32. The number of hydrogen-bond donors (Lipinski definition) is 0. The fourth-order valence-electron chi connectivity index (χ4n) is 1.85. The van der Waals surface area contributed by atoms with E-state index in [0.717, 1.165) is 22.3 Å². The molecule has 0 aromatic heterocycles. The average Bonchev–Trinajstić information content (AvgIpc) is 2.72. The second-order valence-electron chi connectivity index (χ2n) is 3.90. The Balaban J connectivity index is 0. The molecule has 116 valence electrons. The number of carbonyl (C=O) groups excluding carboxylic acids is 1. The first kappa shape index (κ1) is 21.2. The van der Waals surface area contributed by atoms with Gasteiger partial charge in [0.25, 0.3) is 0 Å². The van der Waals surface area contributed by atoms with Crippen LogP contribution in [0.25, 0.3) is 0 Å². The highest BCUT2D eigenvalue weighted by molar-refractivity contribution is 5.70. The van der Waals surface area contributed by atoms with Crippen molar-refractivity contribution in [1.29, 1.82) is 0 Å². The van der Waals surface area contributed by atoms with E-state index in [9.17, 15) is 4.79 Å². The molecule has 2 heteroatoms. The number of hydrogen-bond acceptors (Lipinski definition) is 2. The molecule has 0 heterocycles. The van der Waals surface area contributed by atoms with Gasteiger partial charge in [0.2, 0.25) is 0 Å². The summed E-state index contributed by atoms with van der Waals surface area (Å²) in [7, 11) is 0. The van der Waals surface area contributed by atoms with Crippen molar-refractivity contribution in [3.8, 4) is 0 Å². The molecule has 0 spiro atoms. The molecule has 0 bridgehead atoms. The third-order valence-corrected chi connectivity index (χ3v) is 2.77. The first-order valence-electron chi connectivity index (χ1n) is 7.05. The zero-order chi connectivity index (χ0) is 17.0. The summed E-state index contributed by atoms with van der Waals surface area (Å²) < 4.78 is 5.33. The second kappa shape index (κ2) is 11.7. The molecule has 0 saturated heterocycles. The van der Waals surface area contributed by atoms with Gasteiger partial charge in [0.05, 0.1) is 0 Å². The molecule has 1 aliphatic rings. The molecule has 0 aromatic carbocycles. The topological polar surface area (TPSA) is 26.3 Å². The van der Waals surface area contributed by atoms with Crippen LogP contribution in [0, 0.1) is 0 Å². The maximum absolute atomic E-state index is 11.1. The van der Waals surface area contributed by atoms with Gasteiger partial charge in [-0.05, 0) is 30.6 Å². The molecular weight excluding hydrogens is 260 g/mol. The summed E-state index contributed by atoms with van der Waals surface area (Å²) in [6.45, 7) is 23.1. The Hall–Kier alpha value is -2.09. The van der Waals surface area contributed by atoms with Crippen molar-refractivity contribution in [3.63, 3.8) is 0 Å². The van der Waals surface area contributed by atoms with E-state index in [1.165, 1.54) is 6.92 Å². The molecule has 0 N–H and O–H groups in total. The van der Waals surface area contributed by atoms with Crippen molar-refractivity contribution < 1.29 is 9.53 Å². The van der Waals surface area contributed by atoms with Gasteiger partial charge in [-0.1, -0.05) is 51.3 Å². The molecule has 1 rings (SSSR count). The molecule has 1 atom stereocenters. The van der Waals surface area contributed by atoms with E-state index < -0.39 is 0 Å². The van der Waals surface area contributed by atoms with Crippen LogP contribution in [0.15, 0.2) is 72.9 Å². The van der Waals surface area contributed by atoms with Gasteiger partial charge < -0.3 is 4.74 Å². The summed E-state index contributed by atoms with van der Waals surface area (Å²) in [5.74, 6) is -0.303. The van der Waals surface area contributed by atoms with Gasteiger partial charge in [0.1, 0.15) is 0 Å². The lowest BCUT2D eigenvalue weighted by Crippen LogP contribution is -2.17. The zero-order valence-electron chi connectivity index (χ0n) is 14.0. The Labute approximate surface area is 129 Å². The van der Waals surface area contributed by atoms with Gasteiger partial charge in [-0.15, -0.1) is 13.2 Å². The first-order chi connectivity index (χ1) is 10.0. The number of allylic oxidation sites excluding steroid dienone is 4. The van der Waals surface area contributed by atoms with Crippen LogP contribution in [0.2, 0.25) is 0 Å². The van der Waals surface area contributed by atoms with Gasteiger partial charge in [-0.25, -0.2) is 0 Å². The van der Waals surface area contributed by atoms with Crippen LogP contribution < -0.4 is 0 Å². The smallest absolute Gasteiger partial charge is 0.303 e. The lowest BCUT2D eigenvalue weighted by atomic mass is 10.1. The highest BCUT2D eigenvalue weighted by atomic mass is 16.5. The predicted molar refractivity (Wildman–Crippen MR) is 93.1 cm³/mol. The van der Waals surface area contributed by atoms with E-state index in [0.29, 0.717) is 0 Å². The lowest BCUT2D eigenvalue weighted by molar-refractivity contribution is -0.142. The van der Waals surface area contributed by atoms with Crippen molar-refractivity contribution in [1.82, 2.24) is 0 Å². The van der Waals surface area contributed by atoms with Crippen LogP contribution >= 0.6 is 0 Å². The van der Waals surface area contributed by atoms with Crippen LogP contribution in [-0.4, -0.2) is 12.1 Å². The quantitative estimate of drug-likeness (QED) is 0.519. The van der Waals surface area contributed by atoms with Crippen molar-refractivity contribution in [3.05, 3.63) is 72.9 Å². The Kier molecular flexibility index (Phi) is 11.8. The van der Waals surface area contributed by atoms with Crippen LogP contribution in [-0.2, 0) is 9.53 Å². The molecule has 0 saturated carbocycles. The fourth-order valence-corrected chi connectivity index (χ4v) is 1.85. The first-order valence-corrected chi connectivity index (χ1v) is 7.05. The zero-order valence-corrected chi connectivity index (χ0v) is 14.0. The maximum atomic E-state index is 11.1. The van der Waals surface area contributed by atoms with Crippen LogP contribution in [0.3, 0.4) is 0 Å². The minimum absolute atomic E-state index is 0.303. The summed E-state index contributed by atoms with van der Waals surface area (Å²) >= 11 is 0. The molecule has 0 fully saturated rings. The Bertz CT molecular complexity index is 462. The Morgan fingerprint density at radius 3 is 2.19 bits per heavy atom. The summed E-state index contributed by atoms with van der Waals surface area (Å²) in [6.07, 6.45) is 7.12. The number of carbonyl (C=O) groups is 1. The highest BCUT2D eigenvalue weighted by Crippen LogP contribution is 2.37. The molecule has 2 nitrogen and oxygen atoms in total. The van der Waals surface area contributed by atoms with Gasteiger partial charge >= 0.3 is 5.97 Å². The van der Waals surface area contributed by atoms with Crippen molar-refractivity contribution in [2.45, 2.75) is 40.7 Å². The molecular formula is C19H28O2. The van der Waals surface area contributed by atoms with Crippen LogP contribution in [0.1, 0.15) is 34.6 Å². The molecule has 21 heavy (non-hydrogen) atoms. The third kappa shape index (κ3) is 5.82. The standard InChI is InChI=1S/C15H18O2.C2H6.C2H4/c1-6-8-9-14-11(4)10(3)13(7-2)15(14)17-12(5)16;2*1-2/h6-9,15H,2,4H2,1,3,5H3;1-2H3;1-2H2/b8-6-,14-9+;;. The van der Waals surface area contributed by atoms with Crippen molar-refractivity contribution in [2.24, 2.45) is 0 Å². The summed E-state index contributed by atoms with van der Waals surface area (Å²) in [4.78, 5) is 11.1. The number of esters is 1. The Morgan fingerprint density at radius 2 is 1.81 bits per heavy atom. The van der Waals surface area contributed by atoms with Crippen LogP contribution in [0.4, 0.5) is 0 Å². The minimum Gasteiger partial charge on any atom is -0.453 e. The summed E-state index contributed by atoms with van der Waals surface area (Å²) in [6, 6.07) is 0. The van der Waals surface area contributed by atoms with Gasteiger partial charge in [0, 0.05) is 12.5 Å². The van der Waals surface area contributed by atoms with E-state index >= 15 is 0 Å². The lowest BCUT2D eigenvalue weighted by Gasteiger charge is -2.14. The number of ether oxygens (including phenoxy) is 1. The molecule has 0 radical (unpaired) electrons. The van der Waals surface area contributed by atoms with Crippen molar-refractivity contribution in [2.75, 3.05) is 0 Å². The largest absolute Gasteiger partial charge is 0.453 e. The second-order valence-corrected chi connectivity index (χ2v) is 3.90. The highest BCUT2D eigenvalue weighted by Gasteiger charge is 2.31. The van der Waals surface area contributed by atoms with E-state index in [2.05, 4.69) is 26.3 Å². The van der Waals surface area contributed by atoms with Crippen LogP contribution in [0.5, 0.6) is 0 Å². The Morgan fingerprint density at radius 1 is 1.29 bits per heavy atom. The van der Waals surface area contributed by atoms with Gasteiger partial charge in [-0.3, -0.25) is 4.79 Å². The normalized spacial score (nSPS) is 18.8. The summed E-state index contributed by atoms with van der Waals surface area (Å²) in [5.41, 5.74) is 3.78. The molecule has 0 aromatic rings. The van der Waals surface area contributed by atoms with E-state index in [4.69, 9.17) is 4.74 Å². The van der Waals surface area contributed by atoms with Gasteiger partial charge in [-0.2, -0.15) is 0 Å². The number of rotatable bonds is 3. The molecule has 0 amide bonds. The molecule has 1 aliphatic carbocycles. The summed E-state index contributed by atoms with van der Waals surface area (Å²) in [5, 5.41) is 0. The third-order valence-electron chi connectivity index (χ3n) is 2.77. The minimum atomic E-state index is -0.367. The van der Waals surface area contributed by atoms with E-state index in [-0.39, 0.29) is 12.1 Å².